The molecule has 17 heavy (non-hydrogen) atoms. The molecular formula is C11H4Br2Cl2OS. The maximum absolute atomic E-state index is 12.2. The molecule has 0 saturated heterocycles. The number of rotatable bonds is 2. The molecule has 0 spiro atoms. The Balaban J connectivity index is 2.47. The first-order chi connectivity index (χ1) is 7.99. The number of thiophene rings is 1. The van der Waals surface area contributed by atoms with Crippen molar-refractivity contribution in [3.8, 4) is 0 Å². The summed E-state index contributed by atoms with van der Waals surface area (Å²) in [7, 11) is 0. The van der Waals surface area contributed by atoms with Crippen LogP contribution in [0.1, 0.15) is 15.2 Å². The van der Waals surface area contributed by atoms with Gasteiger partial charge in [0, 0.05) is 14.5 Å². The molecule has 6 heteroatoms. The number of halogens is 4. The molecule has 0 amide bonds. The van der Waals surface area contributed by atoms with E-state index < -0.39 is 0 Å². The van der Waals surface area contributed by atoms with Crippen LogP contribution in [0.4, 0.5) is 0 Å². The molecule has 2 rings (SSSR count). The minimum atomic E-state index is -0.131. The van der Waals surface area contributed by atoms with Gasteiger partial charge in [-0.25, -0.2) is 0 Å². The van der Waals surface area contributed by atoms with Crippen molar-refractivity contribution in [1.29, 1.82) is 0 Å². The van der Waals surface area contributed by atoms with Gasteiger partial charge in [-0.1, -0.05) is 39.1 Å². The van der Waals surface area contributed by atoms with Crippen LogP contribution >= 0.6 is 66.4 Å². The van der Waals surface area contributed by atoms with Crippen molar-refractivity contribution < 1.29 is 4.79 Å². The molecule has 0 bridgehead atoms. The highest BCUT2D eigenvalue weighted by Crippen LogP contribution is 2.34. The van der Waals surface area contributed by atoms with Gasteiger partial charge in [-0.15, -0.1) is 11.3 Å². The molecule has 0 aliphatic rings. The molecule has 0 aliphatic carbocycles. The van der Waals surface area contributed by atoms with Gasteiger partial charge >= 0.3 is 0 Å². The van der Waals surface area contributed by atoms with Gasteiger partial charge in [-0.2, -0.15) is 0 Å². The highest BCUT2D eigenvalue weighted by atomic mass is 79.9. The summed E-state index contributed by atoms with van der Waals surface area (Å²) in [6.07, 6.45) is 0. The molecule has 2 aromatic rings. The summed E-state index contributed by atoms with van der Waals surface area (Å²) >= 11 is 19.7. The Kier molecular flexibility index (Phi) is 4.31. The highest BCUT2D eigenvalue weighted by molar-refractivity contribution is 9.10. The van der Waals surface area contributed by atoms with E-state index in [1.807, 2.05) is 0 Å². The fourth-order valence-electron chi connectivity index (χ4n) is 1.26. The van der Waals surface area contributed by atoms with E-state index in [0.717, 1.165) is 8.95 Å². The molecule has 1 nitrogen and oxygen atoms in total. The van der Waals surface area contributed by atoms with Crippen molar-refractivity contribution >= 4 is 72.2 Å². The fraction of sp³-hybridized carbons (Fsp3) is 0. The Morgan fingerprint density at radius 2 is 1.88 bits per heavy atom. The van der Waals surface area contributed by atoms with Crippen LogP contribution in [0.15, 0.2) is 33.2 Å². The third-order valence-electron chi connectivity index (χ3n) is 2.04. The minimum Gasteiger partial charge on any atom is -0.288 e. The molecular weight excluding hydrogens is 411 g/mol. The second kappa shape index (κ2) is 5.41. The zero-order chi connectivity index (χ0) is 12.6. The zero-order valence-electron chi connectivity index (χ0n) is 8.14. The van der Waals surface area contributed by atoms with Crippen molar-refractivity contribution in [2.45, 2.75) is 0 Å². The van der Waals surface area contributed by atoms with Gasteiger partial charge < -0.3 is 0 Å². The predicted molar refractivity (Wildman–Crippen MR) is 79.6 cm³/mol. The van der Waals surface area contributed by atoms with E-state index in [1.165, 1.54) is 11.3 Å². The lowest BCUT2D eigenvalue weighted by atomic mass is 10.1. The Labute approximate surface area is 129 Å². The molecule has 0 saturated carbocycles. The fourth-order valence-corrected chi connectivity index (χ4v) is 3.48. The van der Waals surface area contributed by atoms with E-state index in [9.17, 15) is 4.79 Å². The van der Waals surface area contributed by atoms with Crippen molar-refractivity contribution in [2.24, 2.45) is 0 Å². The molecule has 1 aromatic heterocycles. The molecule has 1 aromatic carbocycles. The maximum Gasteiger partial charge on any atom is 0.204 e. The quantitative estimate of drug-likeness (QED) is 0.566. The van der Waals surface area contributed by atoms with Crippen molar-refractivity contribution in [1.82, 2.24) is 0 Å². The summed E-state index contributed by atoms with van der Waals surface area (Å²) in [5, 5.41) is 0.429. The van der Waals surface area contributed by atoms with Crippen LogP contribution < -0.4 is 0 Å². The SMILES string of the molecule is O=C(c1cc(Br)c(Cl)s1)c1cc(Br)ccc1Cl. The lowest BCUT2D eigenvalue weighted by Gasteiger charge is -2.01. The largest absolute Gasteiger partial charge is 0.288 e. The molecule has 0 N–H and O–H groups in total. The van der Waals surface area contributed by atoms with Crippen molar-refractivity contribution in [2.75, 3.05) is 0 Å². The van der Waals surface area contributed by atoms with Gasteiger partial charge in [0.15, 0.2) is 0 Å². The van der Waals surface area contributed by atoms with Gasteiger partial charge in [0.2, 0.25) is 5.78 Å². The Bertz CT molecular complexity index is 576. The van der Waals surface area contributed by atoms with Crippen LogP contribution in [0.25, 0.3) is 0 Å². The Morgan fingerprint density at radius 1 is 1.18 bits per heavy atom. The topological polar surface area (TPSA) is 17.1 Å². The van der Waals surface area contributed by atoms with Gasteiger partial charge in [0.05, 0.1) is 9.90 Å². The second-order valence-electron chi connectivity index (χ2n) is 3.19. The lowest BCUT2D eigenvalue weighted by molar-refractivity contribution is 0.104. The molecule has 0 radical (unpaired) electrons. The predicted octanol–water partition coefficient (Wildman–Crippen LogP) is 5.81. The summed E-state index contributed by atoms with van der Waals surface area (Å²) in [5.41, 5.74) is 0.464. The monoisotopic (exact) mass is 412 g/mol. The van der Waals surface area contributed by atoms with Crippen LogP contribution in [-0.2, 0) is 0 Å². The van der Waals surface area contributed by atoms with Gasteiger partial charge in [-0.3, -0.25) is 4.79 Å². The molecule has 0 fully saturated rings. The molecule has 88 valence electrons. The van der Waals surface area contributed by atoms with E-state index in [4.69, 9.17) is 23.2 Å². The first-order valence-electron chi connectivity index (χ1n) is 4.43. The van der Waals surface area contributed by atoms with Crippen LogP contribution in [0, 0.1) is 0 Å². The third-order valence-corrected chi connectivity index (χ3v) is 5.34. The van der Waals surface area contributed by atoms with Crippen LogP contribution in [0.2, 0.25) is 9.36 Å². The van der Waals surface area contributed by atoms with Crippen molar-refractivity contribution in [3.05, 3.63) is 53.0 Å². The van der Waals surface area contributed by atoms with E-state index in [1.54, 1.807) is 24.3 Å². The third kappa shape index (κ3) is 2.93. The molecule has 0 unspecified atom stereocenters. The molecule has 0 aliphatic heterocycles. The molecule has 0 atom stereocenters. The average Bonchev–Trinajstić information content (AvgIpc) is 2.62. The summed E-state index contributed by atoms with van der Waals surface area (Å²) in [4.78, 5) is 12.8. The average molecular weight is 415 g/mol. The van der Waals surface area contributed by atoms with Crippen molar-refractivity contribution in [3.63, 3.8) is 0 Å². The number of benzene rings is 1. The van der Waals surface area contributed by atoms with E-state index in [-0.39, 0.29) is 5.78 Å². The Hall–Kier alpha value is 0.130. The van der Waals surface area contributed by atoms with Gasteiger partial charge in [0.25, 0.3) is 0 Å². The first kappa shape index (κ1) is 13.6. The number of carbonyl (C=O) groups excluding carboxylic acids is 1. The number of hydrogen-bond donors (Lipinski definition) is 0. The van der Waals surface area contributed by atoms with Crippen LogP contribution in [-0.4, -0.2) is 5.78 Å². The summed E-state index contributed by atoms with van der Waals surface area (Å²) in [6.45, 7) is 0. The summed E-state index contributed by atoms with van der Waals surface area (Å²) < 4.78 is 2.09. The molecule has 1 heterocycles. The maximum atomic E-state index is 12.2. The second-order valence-corrected chi connectivity index (χ2v) is 7.02. The van der Waals surface area contributed by atoms with Crippen LogP contribution in [0.5, 0.6) is 0 Å². The normalized spacial score (nSPS) is 10.6. The lowest BCUT2D eigenvalue weighted by Crippen LogP contribution is -1.99. The van der Waals surface area contributed by atoms with Gasteiger partial charge in [0.1, 0.15) is 4.34 Å². The number of hydrogen-bond acceptors (Lipinski definition) is 2. The van der Waals surface area contributed by atoms with E-state index >= 15 is 0 Å². The summed E-state index contributed by atoms with van der Waals surface area (Å²) in [5.74, 6) is -0.131. The summed E-state index contributed by atoms with van der Waals surface area (Å²) in [6, 6.07) is 6.87. The van der Waals surface area contributed by atoms with E-state index in [2.05, 4.69) is 31.9 Å². The zero-order valence-corrected chi connectivity index (χ0v) is 13.6. The standard InChI is InChI=1S/C11H4Br2Cl2OS/c12-5-1-2-8(14)6(3-5)10(16)9-4-7(13)11(15)17-9/h1-4H. The smallest absolute Gasteiger partial charge is 0.204 e. The highest BCUT2D eigenvalue weighted by Gasteiger charge is 2.17. The number of ketones is 1. The Morgan fingerprint density at radius 3 is 2.47 bits per heavy atom. The van der Waals surface area contributed by atoms with E-state index in [0.29, 0.717) is 19.8 Å². The first-order valence-corrected chi connectivity index (χ1v) is 7.59. The minimum absolute atomic E-state index is 0.131. The van der Waals surface area contributed by atoms with Crippen LogP contribution in [0.3, 0.4) is 0 Å². The van der Waals surface area contributed by atoms with Gasteiger partial charge in [-0.05, 0) is 40.2 Å². The number of carbonyl (C=O) groups is 1.